The number of thiazole rings is 1. The summed E-state index contributed by atoms with van der Waals surface area (Å²) >= 11 is 1.39. The van der Waals surface area contributed by atoms with Gasteiger partial charge in [0.05, 0.1) is 6.04 Å². The fraction of sp³-hybridized carbons (Fsp3) is 0.444. The highest BCUT2D eigenvalue weighted by molar-refractivity contribution is 7.89. The van der Waals surface area contributed by atoms with E-state index in [4.69, 9.17) is 10.3 Å². The quantitative estimate of drug-likeness (QED) is 0.883. The largest absolute Gasteiger partial charge is 0.332 e. The van der Waals surface area contributed by atoms with Gasteiger partial charge in [-0.15, -0.1) is 11.3 Å². The van der Waals surface area contributed by atoms with E-state index >= 15 is 0 Å². The number of hydrogen-bond donors (Lipinski definition) is 1. The third kappa shape index (κ3) is 3.12. The van der Waals surface area contributed by atoms with Crippen molar-refractivity contribution in [2.75, 3.05) is 6.26 Å². The zero-order chi connectivity index (χ0) is 13.3. The Labute approximate surface area is 108 Å². The summed E-state index contributed by atoms with van der Waals surface area (Å²) in [6.07, 6.45) is 1.11. The Balaban J connectivity index is 2.24. The molecular weight excluding hydrogens is 276 g/mol. The Kier molecular flexibility index (Phi) is 3.46. The SMILES string of the molecule is CC(N)c1nc(-c2nc(CS(C)(=O)=O)no2)cs1. The molecule has 18 heavy (non-hydrogen) atoms. The molecule has 0 radical (unpaired) electrons. The smallest absolute Gasteiger partial charge is 0.277 e. The van der Waals surface area contributed by atoms with Gasteiger partial charge in [0.2, 0.25) is 0 Å². The van der Waals surface area contributed by atoms with Crippen molar-refractivity contribution in [1.29, 1.82) is 0 Å². The molecule has 0 bridgehead atoms. The number of rotatable bonds is 4. The minimum Gasteiger partial charge on any atom is -0.332 e. The second kappa shape index (κ2) is 4.75. The highest BCUT2D eigenvalue weighted by Gasteiger charge is 2.16. The molecule has 0 spiro atoms. The molecule has 2 rings (SSSR count). The summed E-state index contributed by atoms with van der Waals surface area (Å²) in [6, 6.07) is -0.165. The van der Waals surface area contributed by atoms with Crippen LogP contribution in [0.2, 0.25) is 0 Å². The summed E-state index contributed by atoms with van der Waals surface area (Å²) in [5.74, 6) is 0.0838. The summed E-state index contributed by atoms with van der Waals surface area (Å²) < 4.78 is 27.1. The maximum Gasteiger partial charge on any atom is 0.277 e. The summed E-state index contributed by atoms with van der Waals surface area (Å²) in [7, 11) is -3.18. The predicted octanol–water partition coefficient (Wildman–Crippen LogP) is 0.757. The van der Waals surface area contributed by atoms with Gasteiger partial charge in [-0.1, -0.05) is 5.16 Å². The molecule has 1 atom stereocenters. The molecule has 0 aliphatic rings. The van der Waals surface area contributed by atoms with Gasteiger partial charge in [0.1, 0.15) is 16.5 Å². The molecule has 0 aromatic carbocycles. The Morgan fingerprint density at radius 1 is 1.50 bits per heavy atom. The molecular formula is C9H12N4O3S2. The third-order valence-corrected chi connectivity index (χ3v) is 3.82. The fourth-order valence-electron chi connectivity index (χ4n) is 1.25. The molecule has 0 saturated heterocycles. The molecule has 0 aliphatic heterocycles. The van der Waals surface area contributed by atoms with Gasteiger partial charge >= 0.3 is 0 Å². The molecule has 9 heteroatoms. The van der Waals surface area contributed by atoms with Crippen LogP contribution in [0.15, 0.2) is 9.90 Å². The second-order valence-electron chi connectivity index (χ2n) is 3.95. The topological polar surface area (TPSA) is 112 Å². The first-order valence-electron chi connectivity index (χ1n) is 5.07. The lowest BCUT2D eigenvalue weighted by atomic mass is 10.4. The van der Waals surface area contributed by atoms with Gasteiger partial charge in [0.25, 0.3) is 5.89 Å². The summed E-state index contributed by atoms with van der Waals surface area (Å²) in [5, 5.41) is 6.10. The second-order valence-corrected chi connectivity index (χ2v) is 6.98. The lowest BCUT2D eigenvalue weighted by Gasteiger charge is -1.95. The Morgan fingerprint density at radius 2 is 2.22 bits per heavy atom. The zero-order valence-electron chi connectivity index (χ0n) is 9.82. The van der Waals surface area contributed by atoms with E-state index in [-0.39, 0.29) is 23.5 Å². The molecule has 0 aliphatic carbocycles. The van der Waals surface area contributed by atoms with E-state index in [0.29, 0.717) is 5.69 Å². The highest BCUT2D eigenvalue weighted by Crippen LogP contribution is 2.23. The van der Waals surface area contributed by atoms with E-state index in [1.807, 2.05) is 6.92 Å². The van der Waals surface area contributed by atoms with Crippen molar-refractivity contribution in [2.24, 2.45) is 5.73 Å². The van der Waals surface area contributed by atoms with Crippen molar-refractivity contribution >= 4 is 21.2 Å². The number of aromatic nitrogens is 3. The van der Waals surface area contributed by atoms with E-state index in [0.717, 1.165) is 11.3 Å². The zero-order valence-corrected chi connectivity index (χ0v) is 11.5. The standard InChI is InChI=1S/C9H12N4O3S2/c1-5(10)9-11-6(3-17-9)8-12-7(13-16-8)4-18(2,14)15/h3,5H,4,10H2,1-2H3. The Morgan fingerprint density at radius 3 is 2.78 bits per heavy atom. The molecule has 0 saturated carbocycles. The number of sulfone groups is 1. The maximum absolute atomic E-state index is 11.1. The van der Waals surface area contributed by atoms with E-state index in [9.17, 15) is 8.42 Å². The van der Waals surface area contributed by atoms with Crippen molar-refractivity contribution in [2.45, 2.75) is 18.7 Å². The summed E-state index contributed by atoms with van der Waals surface area (Å²) in [4.78, 5) is 8.22. The molecule has 0 fully saturated rings. The van der Waals surface area contributed by atoms with Gasteiger partial charge in [-0.05, 0) is 6.92 Å². The van der Waals surface area contributed by atoms with Crippen LogP contribution < -0.4 is 5.73 Å². The van der Waals surface area contributed by atoms with E-state index < -0.39 is 9.84 Å². The molecule has 98 valence electrons. The summed E-state index contributed by atoms with van der Waals surface area (Å²) in [5.41, 5.74) is 6.21. The van der Waals surface area contributed by atoms with Crippen LogP contribution in [-0.4, -0.2) is 29.8 Å². The lowest BCUT2D eigenvalue weighted by Crippen LogP contribution is -2.04. The number of nitrogens with zero attached hydrogens (tertiary/aromatic N) is 3. The van der Waals surface area contributed by atoms with Crippen LogP contribution in [0, 0.1) is 0 Å². The molecule has 0 amide bonds. The first-order valence-corrected chi connectivity index (χ1v) is 8.01. The van der Waals surface area contributed by atoms with E-state index in [2.05, 4.69) is 15.1 Å². The number of hydrogen-bond acceptors (Lipinski definition) is 8. The molecule has 2 N–H and O–H groups in total. The average molecular weight is 288 g/mol. The van der Waals surface area contributed by atoms with E-state index in [1.54, 1.807) is 5.38 Å². The van der Waals surface area contributed by atoms with Crippen LogP contribution in [-0.2, 0) is 15.6 Å². The van der Waals surface area contributed by atoms with Crippen molar-refractivity contribution in [1.82, 2.24) is 15.1 Å². The van der Waals surface area contributed by atoms with Crippen molar-refractivity contribution in [3.63, 3.8) is 0 Å². The van der Waals surface area contributed by atoms with Crippen LogP contribution >= 0.6 is 11.3 Å². The van der Waals surface area contributed by atoms with Gasteiger partial charge in [-0.2, -0.15) is 4.98 Å². The molecule has 7 nitrogen and oxygen atoms in total. The van der Waals surface area contributed by atoms with E-state index in [1.165, 1.54) is 11.3 Å². The molecule has 1 unspecified atom stereocenters. The lowest BCUT2D eigenvalue weighted by molar-refractivity contribution is 0.423. The van der Waals surface area contributed by atoms with Crippen LogP contribution in [0.25, 0.3) is 11.6 Å². The first-order chi connectivity index (χ1) is 8.35. The first kappa shape index (κ1) is 13.1. The third-order valence-electron chi connectivity index (χ3n) is 1.99. The van der Waals surface area contributed by atoms with Crippen LogP contribution in [0.1, 0.15) is 23.8 Å². The van der Waals surface area contributed by atoms with Crippen LogP contribution in [0.5, 0.6) is 0 Å². The number of nitrogens with two attached hydrogens (primary N) is 1. The van der Waals surface area contributed by atoms with Crippen molar-refractivity contribution in [3.05, 3.63) is 16.2 Å². The fourth-order valence-corrected chi connectivity index (χ4v) is 2.58. The van der Waals surface area contributed by atoms with Crippen molar-refractivity contribution in [3.8, 4) is 11.6 Å². The van der Waals surface area contributed by atoms with Gasteiger partial charge in [0.15, 0.2) is 15.7 Å². The van der Waals surface area contributed by atoms with Gasteiger partial charge in [0, 0.05) is 11.6 Å². The minimum absolute atomic E-state index is 0.128. The monoisotopic (exact) mass is 288 g/mol. The van der Waals surface area contributed by atoms with Crippen molar-refractivity contribution < 1.29 is 12.9 Å². The van der Waals surface area contributed by atoms with Gasteiger partial charge in [-0.25, -0.2) is 13.4 Å². The average Bonchev–Trinajstić information content (AvgIpc) is 2.81. The molecule has 2 heterocycles. The van der Waals surface area contributed by atoms with Gasteiger partial charge in [-0.3, -0.25) is 0 Å². The normalized spacial score (nSPS) is 13.7. The Bertz CT molecular complexity index is 644. The van der Waals surface area contributed by atoms with Crippen LogP contribution in [0.3, 0.4) is 0 Å². The molecule has 2 aromatic rings. The highest BCUT2D eigenvalue weighted by atomic mass is 32.2. The Hall–Kier alpha value is -1.32. The summed E-state index contributed by atoms with van der Waals surface area (Å²) in [6.45, 7) is 1.82. The molecule has 2 aromatic heterocycles. The van der Waals surface area contributed by atoms with Gasteiger partial charge < -0.3 is 10.3 Å². The minimum atomic E-state index is -3.18. The maximum atomic E-state index is 11.1. The predicted molar refractivity (Wildman–Crippen MR) is 66.6 cm³/mol. The van der Waals surface area contributed by atoms with Crippen LogP contribution in [0.4, 0.5) is 0 Å².